The minimum Gasteiger partial charge on any atom is -0.505 e. The predicted molar refractivity (Wildman–Crippen MR) is 51.9 cm³/mol. The van der Waals surface area contributed by atoms with Crippen molar-refractivity contribution in [1.82, 2.24) is 0 Å². The highest BCUT2D eigenvalue weighted by atomic mass is 19.1. The van der Waals surface area contributed by atoms with E-state index in [-0.39, 0.29) is 12.8 Å². The smallest absolute Gasteiger partial charge is 0.303 e. The summed E-state index contributed by atoms with van der Waals surface area (Å²) >= 11 is 0. The number of aliphatic carboxylic acids is 1. The van der Waals surface area contributed by atoms with Gasteiger partial charge < -0.3 is 15.9 Å². The van der Waals surface area contributed by atoms with Gasteiger partial charge in [-0.25, -0.2) is 4.39 Å². The molecule has 0 saturated carbocycles. The van der Waals surface area contributed by atoms with Crippen molar-refractivity contribution in [2.45, 2.75) is 18.9 Å². The first kappa shape index (κ1) is 11.5. The van der Waals surface area contributed by atoms with E-state index in [0.29, 0.717) is 5.56 Å². The van der Waals surface area contributed by atoms with Gasteiger partial charge in [0.25, 0.3) is 0 Å². The number of halogens is 1. The van der Waals surface area contributed by atoms with Gasteiger partial charge in [-0.05, 0) is 24.1 Å². The molecule has 4 N–H and O–H groups in total. The Hall–Kier alpha value is -1.62. The molecule has 0 aliphatic rings. The molecule has 82 valence electrons. The summed E-state index contributed by atoms with van der Waals surface area (Å²) in [5.74, 6) is -2.13. The molecule has 0 aliphatic heterocycles. The second kappa shape index (κ2) is 4.75. The normalized spacial score (nSPS) is 12.4. The molecular formula is C10H12FNO3. The summed E-state index contributed by atoms with van der Waals surface area (Å²) in [6.07, 6.45) is 0.194. The summed E-state index contributed by atoms with van der Waals surface area (Å²) < 4.78 is 12.7. The highest BCUT2D eigenvalue weighted by Crippen LogP contribution is 2.22. The first-order valence-corrected chi connectivity index (χ1v) is 4.46. The number of carboxylic acids is 1. The topological polar surface area (TPSA) is 83.6 Å². The fourth-order valence-electron chi connectivity index (χ4n) is 1.21. The largest absolute Gasteiger partial charge is 0.505 e. The molecule has 0 bridgehead atoms. The molecular weight excluding hydrogens is 201 g/mol. The molecule has 0 fully saturated rings. The van der Waals surface area contributed by atoms with E-state index in [4.69, 9.17) is 15.9 Å². The minimum absolute atomic E-state index is 0.0562. The SMILES string of the molecule is NC(CCC(=O)O)c1ccc(F)c(O)c1. The van der Waals surface area contributed by atoms with Crippen LogP contribution in [0.3, 0.4) is 0 Å². The number of hydrogen-bond acceptors (Lipinski definition) is 3. The third-order valence-electron chi connectivity index (χ3n) is 2.07. The maximum absolute atomic E-state index is 12.7. The molecule has 1 unspecified atom stereocenters. The highest BCUT2D eigenvalue weighted by Gasteiger charge is 2.10. The number of phenols is 1. The van der Waals surface area contributed by atoms with Crippen LogP contribution >= 0.6 is 0 Å². The average Bonchev–Trinajstić information content (AvgIpc) is 2.18. The predicted octanol–water partition coefficient (Wildman–Crippen LogP) is 1.40. The molecule has 1 aromatic rings. The number of carbonyl (C=O) groups is 1. The Morgan fingerprint density at radius 2 is 2.20 bits per heavy atom. The van der Waals surface area contributed by atoms with E-state index in [1.807, 2.05) is 0 Å². The molecule has 0 aromatic heterocycles. The molecule has 0 spiro atoms. The molecule has 1 aromatic carbocycles. The number of nitrogens with two attached hydrogens (primary N) is 1. The molecule has 0 amide bonds. The lowest BCUT2D eigenvalue weighted by atomic mass is 10.0. The first-order valence-electron chi connectivity index (χ1n) is 4.46. The van der Waals surface area contributed by atoms with Gasteiger partial charge in [-0.3, -0.25) is 4.79 Å². The van der Waals surface area contributed by atoms with Gasteiger partial charge in [0.05, 0.1) is 0 Å². The lowest BCUT2D eigenvalue weighted by molar-refractivity contribution is -0.137. The molecule has 0 aliphatic carbocycles. The van der Waals surface area contributed by atoms with E-state index in [0.717, 1.165) is 6.07 Å². The van der Waals surface area contributed by atoms with Gasteiger partial charge in [0.2, 0.25) is 0 Å². The monoisotopic (exact) mass is 213 g/mol. The minimum atomic E-state index is -0.934. The van der Waals surface area contributed by atoms with E-state index in [2.05, 4.69) is 0 Å². The third kappa shape index (κ3) is 3.21. The van der Waals surface area contributed by atoms with Crippen LogP contribution in [0.4, 0.5) is 4.39 Å². The van der Waals surface area contributed by atoms with Crippen LogP contribution in [0.1, 0.15) is 24.4 Å². The van der Waals surface area contributed by atoms with Gasteiger partial charge in [-0.2, -0.15) is 0 Å². The van der Waals surface area contributed by atoms with Crippen molar-refractivity contribution in [3.05, 3.63) is 29.6 Å². The first-order chi connectivity index (χ1) is 7.00. The van der Waals surface area contributed by atoms with E-state index in [1.165, 1.54) is 12.1 Å². The number of aromatic hydroxyl groups is 1. The number of benzene rings is 1. The zero-order valence-corrected chi connectivity index (χ0v) is 7.98. The third-order valence-corrected chi connectivity index (χ3v) is 2.07. The van der Waals surface area contributed by atoms with Gasteiger partial charge in [0.1, 0.15) is 0 Å². The summed E-state index contributed by atoms with van der Waals surface area (Å²) in [7, 11) is 0. The van der Waals surface area contributed by atoms with Crippen molar-refractivity contribution in [3.63, 3.8) is 0 Å². The summed E-state index contributed by atoms with van der Waals surface area (Å²) in [4.78, 5) is 10.3. The van der Waals surface area contributed by atoms with Gasteiger partial charge in [0.15, 0.2) is 11.6 Å². The summed E-state index contributed by atoms with van der Waals surface area (Å²) in [6, 6.07) is 3.24. The molecule has 5 heteroatoms. The van der Waals surface area contributed by atoms with Crippen LogP contribution in [0.25, 0.3) is 0 Å². The van der Waals surface area contributed by atoms with Crippen LogP contribution in [-0.2, 0) is 4.79 Å². The number of rotatable bonds is 4. The van der Waals surface area contributed by atoms with Crippen molar-refractivity contribution in [2.75, 3.05) is 0 Å². The van der Waals surface area contributed by atoms with Crippen LogP contribution in [0, 0.1) is 5.82 Å². The Kier molecular flexibility index (Phi) is 3.62. The van der Waals surface area contributed by atoms with Crippen molar-refractivity contribution in [3.8, 4) is 5.75 Å². The Morgan fingerprint density at radius 3 is 2.73 bits per heavy atom. The van der Waals surface area contributed by atoms with Crippen LogP contribution < -0.4 is 5.73 Å². The van der Waals surface area contributed by atoms with Crippen LogP contribution in [-0.4, -0.2) is 16.2 Å². The maximum Gasteiger partial charge on any atom is 0.303 e. The van der Waals surface area contributed by atoms with Gasteiger partial charge in [-0.1, -0.05) is 6.07 Å². The second-order valence-electron chi connectivity index (χ2n) is 3.25. The zero-order chi connectivity index (χ0) is 11.4. The average molecular weight is 213 g/mol. The van der Waals surface area contributed by atoms with Crippen molar-refractivity contribution < 1.29 is 19.4 Å². The quantitative estimate of drug-likeness (QED) is 0.705. The van der Waals surface area contributed by atoms with Crippen LogP contribution in [0.5, 0.6) is 5.75 Å². The number of phenolic OH excluding ortho intramolecular Hbond substituents is 1. The van der Waals surface area contributed by atoms with Crippen LogP contribution in [0.15, 0.2) is 18.2 Å². The summed E-state index contributed by atoms with van der Waals surface area (Å²) in [5, 5.41) is 17.5. The summed E-state index contributed by atoms with van der Waals surface area (Å²) in [5.41, 5.74) is 6.19. The lowest BCUT2D eigenvalue weighted by Gasteiger charge is -2.10. The van der Waals surface area contributed by atoms with E-state index in [1.54, 1.807) is 0 Å². The van der Waals surface area contributed by atoms with Gasteiger partial charge in [0, 0.05) is 12.5 Å². The second-order valence-corrected chi connectivity index (χ2v) is 3.25. The standard InChI is InChI=1S/C10H12FNO3/c11-7-2-1-6(5-9(7)13)8(12)3-4-10(14)15/h1-2,5,8,13H,3-4,12H2,(H,14,15). The Morgan fingerprint density at radius 1 is 1.53 bits per heavy atom. The van der Waals surface area contributed by atoms with Crippen molar-refractivity contribution in [2.24, 2.45) is 5.73 Å². The van der Waals surface area contributed by atoms with E-state index in [9.17, 15) is 9.18 Å². The molecule has 1 rings (SSSR count). The molecule has 0 saturated heterocycles. The van der Waals surface area contributed by atoms with Crippen LogP contribution in [0.2, 0.25) is 0 Å². The molecule has 15 heavy (non-hydrogen) atoms. The zero-order valence-electron chi connectivity index (χ0n) is 7.98. The maximum atomic E-state index is 12.7. The molecule has 4 nitrogen and oxygen atoms in total. The Labute approximate surface area is 86.1 Å². The Bertz CT molecular complexity index is 368. The fourth-order valence-corrected chi connectivity index (χ4v) is 1.21. The number of carboxylic acid groups (broad SMARTS) is 1. The van der Waals surface area contributed by atoms with E-state index >= 15 is 0 Å². The Balaban J connectivity index is 2.69. The molecule has 0 heterocycles. The molecule has 0 radical (unpaired) electrons. The van der Waals surface area contributed by atoms with Crippen molar-refractivity contribution >= 4 is 5.97 Å². The van der Waals surface area contributed by atoms with Gasteiger partial charge >= 0.3 is 5.97 Å². The van der Waals surface area contributed by atoms with Crippen molar-refractivity contribution in [1.29, 1.82) is 0 Å². The lowest BCUT2D eigenvalue weighted by Crippen LogP contribution is -2.12. The highest BCUT2D eigenvalue weighted by molar-refractivity contribution is 5.66. The van der Waals surface area contributed by atoms with E-state index < -0.39 is 23.6 Å². The fraction of sp³-hybridized carbons (Fsp3) is 0.300. The molecule has 1 atom stereocenters. The number of hydrogen-bond donors (Lipinski definition) is 3. The van der Waals surface area contributed by atoms with Gasteiger partial charge in [-0.15, -0.1) is 0 Å². The summed E-state index contributed by atoms with van der Waals surface area (Å²) in [6.45, 7) is 0.